The predicted molar refractivity (Wildman–Crippen MR) is 108 cm³/mol. The Kier molecular flexibility index (Phi) is 5.74. The highest BCUT2D eigenvalue weighted by molar-refractivity contribution is 6.48. The van der Waals surface area contributed by atoms with Crippen molar-refractivity contribution in [1.82, 2.24) is 4.90 Å². The van der Waals surface area contributed by atoms with E-state index in [-0.39, 0.29) is 28.8 Å². The van der Waals surface area contributed by atoms with Gasteiger partial charge in [0, 0.05) is 11.1 Å². The third kappa shape index (κ3) is 4.02. The number of nitrogens with zero attached hydrogens (tertiary/aromatic N) is 1. The van der Waals surface area contributed by atoms with E-state index in [2.05, 4.69) is 0 Å². The molecule has 7 heteroatoms. The van der Waals surface area contributed by atoms with E-state index in [9.17, 15) is 18.4 Å². The van der Waals surface area contributed by atoms with Gasteiger partial charge in [-0.3, -0.25) is 14.5 Å². The Morgan fingerprint density at radius 1 is 0.966 bits per heavy atom. The number of imide groups is 1. The van der Waals surface area contributed by atoms with Crippen LogP contribution in [-0.2, 0) is 11.0 Å². The van der Waals surface area contributed by atoms with E-state index in [1.807, 2.05) is 33.9 Å². The third-order valence-electron chi connectivity index (χ3n) is 4.82. The predicted octanol–water partition coefficient (Wildman–Crippen LogP) is 5.12. The Balaban J connectivity index is 1.93. The van der Waals surface area contributed by atoms with Gasteiger partial charge >= 0.3 is 0 Å². The Hall–Kier alpha value is -2.38. The first kappa shape index (κ1) is 21.3. The molecule has 2 aromatic rings. The van der Waals surface area contributed by atoms with Gasteiger partial charge in [0.25, 0.3) is 11.8 Å². The lowest BCUT2D eigenvalue weighted by Crippen LogP contribution is -2.30. The number of halogens is 2. The van der Waals surface area contributed by atoms with Crippen LogP contribution in [0.2, 0.25) is 13.1 Å². The van der Waals surface area contributed by atoms with E-state index in [4.69, 9.17) is 4.43 Å². The number of hydrogen-bond acceptors (Lipinski definition) is 3. The van der Waals surface area contributed by atoms with Crippen molar-refractivity contribution >= 4 is 20.9 Å². The van der Waals surface area contributed by atoms with Gasteiger partial charge in [-0.25, -0.2) is 8.78 Å². The van der Waals surface area contributed by atoms with Gasteiger partial charge in [0.15, 0.2) is 11.6 Å². The molecule has 1 aliphatic heterocycles. The van der Waals surface area contributed by atoms with E-state index in [0.29, 0.717) is 0 Å². The number of hydrogen-bond donors (Lipinski definition) is 0. The maximum absolute atomic E-state index is 15.0. The van der Waals surface area contributed by atoms with Crippen molar-refractivity contribution < 1.29 is 22.8 Å². The second-order valence-corrected chi connectivity index (χ2v) is 10.5. The second kappa shape index (κ2) is 7.80. The van der Waals surface area contributed by atoms with Crippen molar-refractivity contribution in [2.75, 3.05) is 0 Å². The van der Waals surface area contributed by atoms with Crippen molar-refractivity contribution in [2.24, 2.45) is 5.41 Å². The van der Waals surface area contributed by atoms with Crippen molar-refractivity contribution in [3.63, 3.8) is 0 Å². The number of carbonyl (C=O) groups excluding carboxylic acids is 2. The van der Waals surface area contributed by atoms with Gasteiger partial charge in [0.05, 0.1) is 23.8 Å². The summed E-state index contributed by atoms with van der Waals surface area (Å²) in [5.74, 6) is -3.07. The fraction of sp³-hybridized carbons (Fsp3) is 0.364. The van der Waals surface area contributed by atoms with Gasteiger partial charge in [-0.2, -0.15) is 0 Å². The quantitative estimate of drug-likeness (QED) is 0.502. The molecule has 0 aromatic heterocycles. The summed E-state index contributed by atoms with van der Waals surface area (Å²) >= 11 is 0. The number of rotatable bonds is 5. The third-order valence-corrected chi connectivity index (χ3v) is 5.53. The summed E-state index contributed by atoms with van der Waals surface area (Å²) in [4.78, 5) is 26.0. The zero-order valence-electron chi connectivity index (χ0n) is 17.2. The Morgan fingerprint density at radius 3 is 2.00 bits per heavy atom. The monoisotopic (exact) mass is 416 g/mol. The molecule has 1 heterocycles. The van der Waals surface area contributed by atoms with Crippen molar-refractivity contribution in [3.8, 4) is 0 Å². The van der Waals surface area contributed by atoms with E-state index in [1.165, 1.54) is 12.1 Å². The normalized spacial score (nSPS) is 15.2. The Bertz CT molecular complexity index is 934. The summed E-state index contributed by atoms with van der Waals surface area (Å²) < 4.78 is 35.9. The Labute approximate surface area is 171 Å². The zero-order chi connectivity index (χ0) is 21.5. The molecule has 29 heavy (non-hydrogen) atoms. The van der Waals surface area contributed by atoms with Gasteiger partial charge in [0.2, 0.25) is 9.04 Å². The molecule has 1 aliphatic rings. The zero-order valence-corrected chi connectivity index (χ0v) is 18.2. The van der Waals surface area contributed by atoms with Crippen LogP contribution in [0.25, 0.3) is 0 Å². The van der Waals surface area contributed by atoms with E-state index in [1.54, 1.807) is 24.3 Å². The van der Waals surface area contributed by atoms with Gasteiger partial charge in [-0.1, -0.05) is 45.0 Å². The second-order valence-electron chi connectivity index (χ2n) is 8.46. The summed E-state index contributed by atoms with van der Waals surface area (Å²) in [6, 6.07) is 9.34. The van der Waals surface area contributed by atoms with E-state index < -0.39 is 44.0 Å². The van der Waals surface area contributed by atoms with Crippen molar-refractivity contribution in [3.05, 3.63) is 70.3 Å². The lowest BCUT2D eigenvalue weighted by molar-refractivity contribution is 0.0639. The molecule has 3 rings (SSSR count). The van der Waals surface area contributed by atoms with Gasteiger partial charge in [0.1, 0.15) is 0 Å². The summed E-state index contributed by atoms with van der Waals surface area (Å²) in [7, 11) is -1.15. The standard InChI is InChI=1S/C22H24F2NO3Si/c1-22(2,3)19(28-29(4)5)16-11-10-13(17(23)18(16)24)12-25-20(26)14-8-6-7-9-15(14)21(25)27/h6-11,19H,12H2,1-5H3. The number of carbonyl (C=O) groups is 2. The first-order valence-electron chi connectivity index (χ1n) is 9.41. The fourth-order valence-corrected chi connectivity index (χ4v) is 4.38. The first-order chi connectivity index (χ1) is 13.5. The molecule has 0 saturated heterocycles. The molecule has 2 aromatic carbocycles. The Morgan fingerprint density at radius 2 is 1.52 bits per heavy atom. The van der Waals surface area contributed by atoms with Crippen LogP contribution in [0.15, 0.2) is 36.4 Å². The molecule has 1 unspecified atom stereocenters. The van der Waals surface area contributed by atoms with Crippen LogP contribution in [0.4, 0.5) is 8.78 Å². The number of benzene rings is 2. The molecule has 0 spiro atoms. The highest BCUT2D eigenvalue weighted by Gasteiger charge is 2.37. The van der Waals surface area contributed by atoms with Crippen LogP contribution in [0.1, 0.15) is 58.7 Å². The van der Waals surface area contributed by atoms with Crippen molar-refractivity contribution in [1.29, 1.82) is 0 Å². The molecule has 153 valence electrons. The summed E-state index contributed by atoms with van der Waals surface area (Å²) in [5.41, 5.74) is 0.215. The first-order valence-corrected chi connectivity index (χ1v) is 11.8. The largest absolute Gasteiger partial charge is 0.410 e. The van der Waals surface area contributed by atoms with Gasteiger partial charge < -0.3 is 4.43 Å². The summed E-state index contributed by atoms with van der Waals surface area (Å²) in [5, 5.41) is 0. The molecule has 0 aliphatic carbocycles. The molecule has 0 N–H and O–H groups in total. The minimum atomic E-state index is -1.15. The van der Waals surface area contributed by atoms with Crippen molar-refractivity contribution in [2.45, 2.75) is 46.5 Å². The SMILES string of the molecule is C[Si](C)OC(c1ccc(CN2C(=O)c3ccccc3C2=O)c(F)c1F)C(C)(C)C. The molecule has 1 radical (unpaired) electrons. The maximum atomic E-state index is 15.0. The molecule has 0 saturated carbocycles. The highest BCUT2D eigenvalue weighted by atomic mass is 28.3. The van der Waals surface area contributed by atoms with E-state index >= 15 is 0 Å². The number of fused-ring (bicyclic) bond motifs is 1. The van der Waals surface area contributed by atoms with Crippen LogP contribution in [0, 0.1) is 17.0 Å². The molecular formula is C22H24F2NO3Si. The smallest absolute Gasteiger partial charge is 0.261 e. The molecule has 0 fully saturated rings. The minimum Gasteiger partial charge on any atom is -0.410 e. The molecule has 2 amide bonds. The van der Waals surface area contributed by atoms with Crippen LogP contribution >= 0.6 is 0 Å². The van der Waals surface area contributed by atoms with Gasteiger partial charge in [-0.05, 0) is 30.6 Å². The lowest BCUT2D eigenvalue weighted by atomic mass is 9.84. The molecule has 1 atom stereocenters. The molecule has 4 nitrogen and oxygen atoms in total. The molecule has 0 bridgehead atoms. The summed E-state index contributed by atoms with van der Waals surface area (Å²) in [6.45, 7) is 9.28. The minimum absolute atomic E-state index is 0.0491. The maximum Gasteiger partial charge on any atom is 0.261 e. The van der Waals surface area contributed by atoms with Crippen LogP contribution < -0.4 is 0 Å². The highest BCUT2D eigenvalue weighted by Crippen LogP contribution is 2.39. The fourth-order valence-electron chi connectivity index (χ4n) is 3.42. The molecular weight excluding hydrogens is 392 g/mol. The summed E-state index contributed by atoms with van der Waals surface area (Å²) in [6.07, 6.45) is -0.603. The average molecular weight is 417 g/mol. The van der Waals surface area contributed by atoms with Crippen LogP contribution in [-0.4, -0.2) is 25.8 Å². The van der Waals surface area contributed by atoms with Gasteiger partial charge in [-0.15, -0.1) is 0 Å². The van der Waals surface area contributed by atoms with Crippen LogP contribution in [0.3, 0.4) is 0 Å². The van der Waals surface area contributed by atoms with Crippen LogP contribution in [0.5, 0.6) is 0 Å². The lowest BCUT2D eigenvalue weighted by Gasteiger charge is -2.33. The topological polar surface area (TPSA) is 46.6 Å². The van der Waals surface area contributed by atoms with E-state index in [0.717, 1.165) is 4.90 Å². The average Bonchev–Trinajstić information content (AvgIpc) is 2.88. The number of amides is 2.